The molecule has 3 aromatic rings. The van der Waals surface area contributed by atoms with Crippen LogP contribution in [0.2, 0.25) is 0 Å². The van der Waals surface area contributed by atoms with E-state index in [1.807, 2.05) is 58.0 Å². The van der Waals surface area contributed by atoms with Gasteiger partial charge in [-0.15, -0.1) is 0 Å². The van der Waals surface area contributed by atoms with Crippen molar-refractivity contribution >= 4 is 23.1 Å². The molecule has 0 saturated heterocycles. The zero-order valence-corrected chi connectivity index (χ0v) is 16.4. The lowest BCUT2D eigenvalue weighted by Gasteiger charge is -2.21. The Hall–Kier alpha value is -3.15. The highest BCUT2D eigenvalue weighted by atomic mass is 19.1. The summed E-state index contributed by atoms with van der Waals surface area (Å²) in [6.07, 6.45) is 5.17. The number of aromatic nitrogens is 2. The van der Waals surface area contributed by atoms with Gasteiger partial charge in [0, 0.05) is 11.4 Å². The number of benzene rings is 2. The number of nitrogens with zero attached hydrogens (tertiary/aromatic N) is 2. The van der Waals surface area contributed by atoms with Gasteiger partial charge in [-0.25, -0.2) is 13.9 Å². The molecule has 146 valence electrons. The molecule has 0 aliphatic carbocycles. The van der Waals surface area contributed by atoms with Crippen molar-refractivity contribution in [3.05, 3.63) is 66.1 Å². The summed E-state index contributed by atoms with van der Waals surface area (Å²) in [6.45, 7) is 7.36. The normalized spacial score (nSPS) is 13.0. The molecule has 0 spiro atoms. The fraction of sp³-hybridized carbons (Fsp3) is 0.273. The molecule has 0 aliphatic heterocycles. The Morgan fingerprint density at radius 3 is 2.61 bits per heavy atom. The minimum absolute atomic E-state index is 0.197. The van der Waals surface area contributed by atoms with E-state index in [9.17, 15) is 9.18 Å². The van der Waals surface area contributed by atoms with Gasteiger partial charge in [0.25, 0.3) is 0 Å². The fourth-order valence-electron chi connectivity index (χ4n) is 2.80. The fourth-order valence-corrected chi connectivity index (χ4v) is 2.80. The molecular formula is C22H24FN3O2. The van der Waals surface area contributed by atoms with E-state index in [0.29, 0.717) is 0 Å². The molecule has 3 rings (SSSR count). The van der Waals surface area contributed by atoms with Gasteiger partial charge < -0.3 is 10.1 Å². The number of hydrogen-bond acceptors (Lipinski definition) is 3. The van der Waals surface area contributed by atoms with Crippen molar-refractivity contribution in [3.63, 3.8) is 0 Å². The Labute approximate surface area is 163 Å². The zero-order chi connectivity index (χ0) is 20.3. The van der Waals surface area contributed by atoms with Gasteiger partial charge in [0.1, 0.15) is 11.4 Å². The average Bonchev–Trinajstić information content (AvgIpc) is 3.03. The van der Waals surface area contributed by atoms with Crippen molar-refractivity contribution < 1.29 is 13.9 Å². The van der Waals surface area contributed by atoms with Crippen LogP contribution in [0.15, 0.2) is 54.7 Å². The third kappa shape index (κ3) is 4.76. The van der Waals surface area contributed by atoms with Crippen LogP contribution in [-0.4, -0.2) is 27.5 Å². The summed E-state index contributed by atoms with van der Waals surface area (Å²) >= 11 is 0. The SMILES string of the molecule is CC(/C=C/c1cccc2c1cnn2-c1ccc(F)cc1)NC(=O)OC(C)(C)C. The van der Waals surface area contributed by atoms with Gasteiger partial charge >= 0.3 is 6.09 Å². The first-order valence-electron chi connectivity index (χ1n) is 9.13. The van der Waals surface area contributed by atoms with E-state index in [4.69, 9.17) is 4.74 Å². The molecule has 1 N–H and O–H groups in total. The molecule has 0 fully saturated rings. The summed E-state index contributed by atoms with van der Waals surface area (Å²) in [5, 5.41) is 8.19. The molecule has 0 aliphatic rings. The molecule has 6 heteroatoms. The first kappa shape index (κ1) is 19.6. The predicted octanol–water partition coefficient (Wildman–Crippen LogP) is 5.09. The minimum Gasteiger partial charge on any atom is -0.444 e. The number of alkyl carbamates (subject to hydrolysis) is 1. The van der Waals surface area contributed by atoms with E-state index in [0.717, 1.165) is 22.2 Å². The molecule has 1 heterocycles. The quantitative estimate of drug-likeness (QED) is 0.685. The maximum atomic E-state index is 13.2. The topological polar surface area (TPSA) is 56.2 Å². The largest absolute Gasteiger partial charge is 0.444 e. The molecule has 1 atom stereocenters. The highest BCUT2D eigenvalue weighted by Gasteiger charge is 2.16. The lowest BCUT2D eigenvalue weighted by Crippen LogP contribution is -2.36. The molecule has 0 bridgehead atoms. The van der Waals surface area contributed by atoms with Crippen LogP contribution < -0.4 is 5.32 Å². The molecule has 5 nitrogen and oxygen atoms in total. The van der Waals surface area contributed by atoms with E-state index in [2.05, 4.69) is 10.4 Å². The Morgan fingerprint density at radius 1 is 1.21 bits per heavy atom. The second-order valence-electron chi connectivity index (χ2n) is 7.61. The van der Waals surface area contributed by atoms with Gasteiger partial charge in [0.2, 0.25) is 0 Å². The summed E-state index contributed by atoms with van der Waals surface area (Å²) in [5.74, 6) is -0.282. The van der Waals surface area contributed by atoms with E-state index in [-0.39, 0.29) is 11.9 Å². The summed E-state index contributed by atoms with van der Waals surface area (Å²) < 4.78 is 20.2. The van der Waals surface area contributed by atoms with Crippen molar-refractivity contribution in [2.45, 2.75) is 39.3 Å². The number of ether oxygens (including phenoxy) is 1. The number of hydrogen-bond donors (Lipinski definition) is 1. The van der Waals surface area contributed by atoms with E-state index in [1.165, 1.54) is 12.1 Å². The van der Waals surface area contributed by atoms with Gasteiger partial charge in [-0.2, -0.15) is 5.10 Å². The number of halogens is 1. The Kier molecular flexibility index (Phi) is 5.49. The number of nitrogens with one attached hydrogen (secondary N) is 1. The van der Waals surface area contributed by atoms with Crippen LogP contribution in [0.3, 0.4) is 0 Å². The molecule has 1 amide bonds. The van der Waals surface area contributed by atoms with Crippen molar-refractivity contribution in [1.82, 2.24) is 15.1 Å². The first-order chi connectivity index (χ1) is 13.2. The van der Waals surface area contributed by atoms with Crippen molar-refractivity contribution in [2.75, 3.05) is 0 Å². The summed E-state index contributed by atoms with van der Waals surface area (Å²) in [4.78, 5) is 11.9. The van der Waals surface area contributed by atoms with Crippen LogP contribution >= 0.6 is 0 Å². The zero-order valence-electron chi connectivity index (χ0n) is 16.4. The van der Waals surface area contributed by atoms with Crippen molar-refractivity contribution in [1.29, 1.82) is 0 Å². The van der Waals surface area contributed by atoms with Gasteiger partial charge in [-0.1, -0.05) is 24.3 Å². The lowest BCUT2D eigenvalue weighted by molar-refractivity contribution is 0.0518. The number of amides is 1. The minimum atomic E-state index is -0.534. The second-order valence-corrected chi connectivity index (χ2v) is 7.61. The standard InChI is InChI=1S/C22H24FN3O2/c1-15(25-21(27)28-22(2,3)4)8-9-16-6-5-7-20-19(16)14-24-26(20)18-12-10-17(23)11-13-18/h5-15H,1-4H3,(H,25,27)/b9-8+. The van der Waals surface area contributed by atoms with E-state index in [1.54, 1.807) is 23.0 Å². The Balaban J connectivity index is 1.79. The summed E-state index contributed by atoms with van der Waals surface area (Å²) in [7, 11) is 0. The molecular weight excluding hydrogens is 357 g/mol. The van der Waals surface area contributed by atoms with E-state index < -0.39 is 11.7 Å². The molecule has 0 radical (unpaired) electrons. The Morgan fingerprint density at radius 2 is 1.93 bits per heavy atom. The van der Waals surface area contributed by atoms with Crippen LogP contribution in [0.4, 0.5) is 9.18 Å². The lowest BCUT2D eigenvalue weighted by atomic mass is 10.1. The Bertz CT molecular complexity index is 1000. The third-order valence-electron chi connectivity index (χ3n) is 4.03. The van der Waals surface area contributed by atoms with Gasteiger partial charge in [0.15, 0.2) is 0 Å². The molecule has 28 heavy (non-hydrogen) atoms. The molecule has 1 unspecified atom stereocenters. The van der Waals surface area contributed by atoms with Gasteiger partial charge in [-0.3, -0.25) is 0 Å². The van der Waals surface area contributed by atoms with E-state index >= 15 is 0 Å². The first-order valence-corrected chi connectivity index (χ1v) is 9.13. The van der Waals surface area contributed by atoms with Crippen LogP contribution in [0.25, 0.3) is 22.7 Å². The number of carbonyl (C=O) groups excluding carboxylic acids is 1. The third-order valence-corrected chi connectivity index (χ3v) is 4.03. The maximum absolute atomic E-state index is 13.2. The monoisotopic (exact) mass is 381 g/mol. The summed E-state index contributed by atoms with van der Waals surface area (Å²) in [5.41, 5.74) is 2.15. The highest BCUT2D eigenvalue weighted by molar-refractivity contribution is 5.89. The van der Waals surface area contributed by atoms with Crippen molar-refractivity contribution in [3.8, 4) is 5.69 Å². The van der Waals surface area contributed by atoms with Crippen LogP contribution in [-0.2, 0) is 4.74 Å². The van der Waals surface area contributed by atoms with Gasteiger partial charge in [0.05, 0.1) is 17.4 Å². The average molecular weight is 381 g/mol. The smallest absolute Gasteiger partial charge is 0.408 e. The number of rotatable bonds is 4. The molecule has 0 saturated carbocycles. The number of fused-ring (bicyclic) bond motifs is 1. The van der Waals surface area contributed by atoms with Crippen LogP contribution in [0, 0.1) is 5.82 Å². The predicted molar refractivity (Wildman–Crippen MR) is 109 cm³/mol. The van der Waals surface area contributed by atoms with Crippen LogP contribution in [0.5, 0.6) is 0 Å². The second kappa shape index (κ2) is 7.84. The summed E-state index contributed by atoms with van der Waals surface area (Å²) in [6, 6.07) is 11.9. The van der Waals surface area contributed by atoms with Gasteiger partial charge in [-0.05, 0) is 63.6 Å². The van der Waals surface area contributed by atoms with Crippen LogP contribution in [0.1, 0.15) is 33.3 Å². The highest BCUT2D eigenvalue weighted by Crippen LogP contribution is 2.23. The molecule has 1 aromatic heterocycles. The maximum Gasteiger partial charge on any atom is 0.408 e. The number of carbonyl (C=O) groups is 1. The molecule has 2 aromatic carbocycles. The van der Waals surface area contributed by atoms with Crippen molar-refractivity contribution in [2.24, 2.45) is 0 Å².